The highest BCUT2D eigenvalue weighted by molar-refractivity contribution is 6.22. The topological polar surface area (TPSA) is 84.0 Å². The predicted octanol–water partition coefficient (Wildman–Crippen LogP) is 4.36. The first-order valence-corrected chi connectivity index (χ1v) is 12.5. The fraction of sp³-hybridized carbons (Fsp3) is 0.379. The van der Waals surface area contributed by atoms with Gasteiger partial charge in [0.15, 0.2) is 0 Å². The highest BCUT2D eigenvalue weighted by Gasteiger charge is 2.49. The maximum Gasteiger partial charge on any atom is 0.316 e. The van der Waals surface area contributed by atoms with E-state index in [2.05, 4.69) is 0 Å². The number of para-hydroxylation sites is 1. The van der Waals surface area contributed by atoms with Crippen LogP contribution in [0.5, 0.6) is 5.75 Å². The van der Waals surface area contributed by atoms with Crippen LogP contribution < -0.4 is 14.5 Å². The number of aryl methyl sites for hydroxylation is 2. The third-order valence-corrected chi connectivity index (χ3v) is 7.57. The maximum absolute atomic E-state index is 13.1. The lowest BCUT2D eigenvalue weighted by atomic mass is 9.82. The molecule has 0 radical (unpaired) electrons. The van der Waals surface area contributed by atoms with Crippen LogP contribution in [0.25, 0.3) is 0 Å². The van der Waals surface area contributed by atoms with Gasteiger partial charge in [-0.1, -0.05) is 36.8 Å². The van der Waals surface area contributed by atoms with Crippen molar-refractivity contribution in [2.24, 2.45) is 17.8 Å². The zero-order valence-corrected chi connectivity index (χ0v) is 20.8. The molecule has 2 aromatic rings. The van der Waals surface area contributed by atoms with Gasteiger partial charge in [0.05, 0.1) is 23.4 Å². The van der Waals surface area contributed by atoms with Gasteiger partial charge >= 0.3 is 5.97 Å². The molecule has 2 saturated heterocycles. The van der Waals surface area contributed by atoms with Crippen molar-refractivity contribution in [1.29, 1.82) is 0 Å². The molecular formula is C29H30N2O5. The van der Waals surface area contributed by atoms with E-state index in [1.54, 1.807) is 30.0 Å². The monoisotopic (exact) mass is 486 g/mol. The van der Waals surface area contributed by atoms with Gasteiger partial charge in [0.2, 0.25) is 17.7 Å². The normalized spacial score (nSPS) is 23.7. The van der Waals surface area contributed by atoms with Gasteiger partial charge in [0, 0.05) is 18.7 Å². The lowest BCUT2D eigenvalue weighted by Crippen LogP contribution is -2.31. The Hall–Kier alpha value is -3.74. The minimum atomic E-state index is -0.567. The second-order valence-corrected chi connectivity index (χ2v) is 9.97. The Bertz CT molecular complexity index is 1300. The van der Waals surface area contributed by atoms with Gasteiger partial charge in [-0.3, -0.25) is 19.2 Å². The van der Waals surface area contributed by atoms with Crippen LogP contribution in [0.15, 0.2) is 54.1 Å². The Morgan fingerprint density at radius 3 is 2.47 bits per heavy atom. The number of anilines is 2. The van der Waals surface area contributed by atoms with E-state index in [0.717, 1.165) is 23.2 Å². The molecular weight excluding hydrogens is 456 g/mol. The number of carbonyl (C=O) groups excluding carboxylic acids is 4. The molecule has 36 heavy (non-hydrogen) atoms. The second kappa shape index (κ2) is 9.37. The summed E-state index contributed by atoms with van der Waals surface area (Å²) in [6.45, 7) is 6.09. The molecule has 0 saturated carbocycles. The largest absolute Gasteiger partial charge is 0.426 e. The van der Waals surface area contributed by atoms with E-state index in [1.165, 1.54) is 4.90 Å². The number of fused-ring (bicyclic) bond motifs is 1. The Morgan fingerprint density at radius 2 is 1.72 bits per heavy atom. The summed E-state index contributed by atoms with van der Waals surface area (Å²) in [6.07, 6.45) is 4.13. The Labute approximate surface area is 210 Å². The summed E-state index contributed by atoms with van der Waals surface area (Å²) in [6, 6.07) is 12.7. The molecule has 5 rings (SSSR count). The zero-order chi connectivity index (χ0) is 25.6. The predicted molar refractivity (Wildman–Crippen MR) is 136 cm³/mol. The molecule has 0 aromatic heterocycles. The van der Waals surface area contributed by atoms with Gasteiger partial charge < -0.3 is 9.64 Å². The number of rotatable bonds is 5. The van der Waals surface area contributed by atoms with E-state index in [4.69, 9.17) is 4.74 Å². The summed E-state index contributed by atoms with van der Waals surface area (Å²) in [4.78, 5) is 54.7. The van der Waals surface area contributed by atoms with E-state index in [0.29, 0.717) is 29.8 Å². The number of amides is 3. The maximum atomic E-state index is 13.1. The number of nitrogens with zero attached hydrogens (tertiary/aromatic N) is 2. The zero-order valence-electron chi connectivity index (χ0n) is 20.8. The first-order chi connectivity index (χ1) is 17.3. The molecule has 186 valence electrons. The second-order valence-electron chi connectivity index (χ2n) is 9.97. The molecule has 0 N–H and O–H groups in total. The first kappa shape index (κ1) is 24.0. The van der Waals surface area contributed by atoms with E-state index >= 15 is 0 Å². The molecule has 2 aliphatic heterocycles. The van der Waals surface area contributed by atoms with Crippen molar-refractivity contribution in [3.05, 3.63) is 65.2 Å². The summed E-state index contributed by atoms with van der Waals surface area (Å²) in [5.41, 5.74) is 4.23. The molecule has 0 bridgehead atoms. The van der Waals surface area contributed by atoms with E-state index < -0.39 is 11.9 Å². The molecule has 3 atom stereocenters. The first-order valence-electron chi connectivity index (χ1n) is 12.5. The van der Waals surface area contributed by atoms with Gasteiger partial charge in [-0.2, -0.15) is 0 Å². The third kappa shape index (κ3) is 4.12. The molecule has 2 fully saturated rings. The van der Waals surface area contributed by atoms with E-state index in [-0.39, 0.29) is 42.5 Å². The van der Waals surface area contributed by atoms with Gasteiger partial charge in [-0.15, -0.1) is 0 Å². The molecule has 1 aliphatic carbocycles. The third-order valence-electron chi connectivity index (χ3n) is 7.57. The average molecular weight is 487 g/mol. The van der Waals surface area contributed by atoms with Crippen LogP contribution in [-0.4, -0.2) is 30.2 Å². The van der Waals surface area contributed by atoms with Crippen LogP contribution in [0.3, 0.4) is 0 Å². The number of hydrogen-bond acceptors (Lipinski definition) is 5. The average Bonchev–Trinajstić information content (AvgIpc) is 3.36. The van der Waals surface area contributed by atoms with E-state index in [9.17, 15) is 19.2 Å². The number of esters is 1. The number of hydrogen-bond donors (Lipinski definition) is 0. The summed E-state index contributed by atoms with van der Waals surface area (Å²) >= 11 is 0. The van der Waals surface area contributed by atoms with Crippen LogP contribution in [0.1, 0.15) is 44.2 Å². The van der Waals surface area contributed by atoms with Crippen LogP contribution in [-0.2, 0) is 25.6 Å². The number of ether oxygens (including phenoxy) is 1. The fourth-order valence-electron chi connectivity index (χ4n) is 5.59. The molecule has 3 aliphatic rings. The van der Waals surface area contributed by atoms with Crippen LogP contribution >= 0.6 is 0 Å². The van der Waals surface area contributed by atoms with Crippen molar-refractivity contribution in [3.8, 4) is 5.75 Å². The van der Waals surface area contributed by atoms with Gasteiger partial charge in [-0.25, -0.2) is 4.90 Å². The minimum Gasteiger partial charge on any atom is -0.426 e. The minimum absolute atomic E-state index is 0.0957. The van der Waals surface area contributed by atoms with Gasteiger partial charge in [0.1, 0.15) is 5.75 Å². The smallest absolute Gasteiger partial charge is 0.316 e. The van der Waals surface area contributed by atoms with Crippen LogP contribution in [0.4, 0.5) is 11.4 Å². The van der Waals surface area contributed by atoms with Crippen molar-refractivity contribution in [3.63, 3.8) is 0 Å². The molecule has 0 unspecified atom stereocenters. The standard InChI is InChI=1S/C29H30N2O5/c1-4-19-7-5-6-8-25(19)30-16-20(15-26(30)32)29(35)36-21-10-12-24(18(3)14-21)31-27(33)22-11-9-17(2)13-23(22)28(31)34/h5-10,12,14,20,22-23H,4,11,13,15-16H2,1-3H3/t20-,22-,23+/m1/s1. The Kier molecular flexibility index (Phi) is 6.24. The number of imide groups is 1. The summed E-state index contributed by atoms with van der Waals surface area (Å²) in [5.74, 6) is -1.74. The number of allylic oxidation sites excluding steroid dienone is 2. The molecule has 0 spiro atoms. The van der Waals surface area contributed by atoms with Crippen molar-refractivity contribution in [1.82, 2.24) is 0 Å². The SMILES string of the molecule is CCc1ccccc1N1C[C@H](C(=O)Oc2ccc(N3C(=O)[C@H]4CC(C)=CC[C@H]4C3=O)c(C)c2)CC1=O. The fourth-order valence-corrected chi connectivity index (χ4v) is 5.59. The number of carbonyl (C=O) groups is 4. The van der Waals surface area contributed by atoms with Crippen LogP contribution in [0.2, 0.25) is 0 Å². The highest BCUT2D eigenvalue weighted by Crippen LogP contribution is 2.41. The van der Waals surface area contributed by atoms with Gasteiger partial charge in [0.25, 0.3) is 0 Å². The van der Waals surface area contributed by atoms with Crippen molar-refractivity contribution < 1.29 is 23.9 Å². The molecule has 2 heterocycles. The van der Waals surface area contributed by atoms with Crippen molar-refractivity contribution in [2.75, 3.05) is 16.3 Å². The van der Waals surface area contributed by atoms with E-state index in [1.807, 2.05) is 44.2 Å². The van der Waals surface area contributed by atoms with Crippen LogP contribution in [0, 0.1) is 24.7 Å². The highest BCUT2D eigenvalue weighted by atomic mass is 16.5. The summed E-state index contributed by atoms with van der Waals surface area (Å²) in [5, 5.41) is 0. The summed E-state index contributed by atoms with van der Waals surface area (Å²) < 4.78 is 5.63. The summed E-state index contributed by atoms with van der Waals surface area (Å²) in [7, 11) is 0. The quantitative estimate of drug-likeness (QED) is 0.271. The molecule has 7 heteroatoms. The molecule has 7 nitrogen and oxygen atoms in total. The Balaban J connectivity index is 1.29. The number of benzene rings is 2. The lowest BCUT2D eigenvalue weighted by molar-refractivity contribution is -0.139. The lowest BCUT2D eigenvalue weighted by Gasteiger charge is -2.20. The molecule has 3 amide bonds. The van der Waals surface area contributed by atoms with Crippen molar-refractivity contribution in [2.45, 2.75) is 46.5 Å². The Morgan fingerprint density at radius 1 is 0.972 bits per heavy atom. The van der Waals surface area contributed by atoms with Crippen molar-refractivity contribution >= 4 is 35.1 Å². The van der Waals surface area contributed by atoms with Gasteiger partial charge in [-0.05, 0) is 68.5 Å². The molecule has 2 aromatic carbocycles.